The lowest BCUT2D eigenvalue weighted by atomic mass is 10.2. The number of pyridine rings is 1. The third-order valence-electron chi connectivity index (χ3n) is 2.65. The van der Waals surface area contributed by atoms with Crippen LogP contribution in [-0.2, 0) is 16.4 Å². The van der Waals surface area contributed by atoms with Crippen LogP contribution in [0.15, 0.2) is 53.7 Å². The zero-order chi connectivity index (χ0) is 13.7. The molecule has 0 aliphatic heterocycles. The van der Waals surface area contributed by atoms with Crippen molar-refractivity contribution in [2.24, 2.45) is 0 Å². The second kappa shape index (κ2) is 5.81. The first kappa shape index (κ1) is 13.5. The van der Waals surface area contributed by atoms with Crippen LogP contribution < -0.4 is 10.5 Å². The van der Waals surface area contributed by atoms with Gasteiger partial charge in [-0.2, -0.15) is 0 Å². The predicted molar refractivity (Wildman–Crippen MR) is 74.0 cm³/mol. The van der Waals surface area contributed by atoms with Crippen molar-refractivity contribution in [2.75, 3.05) is 12.3 Å². The van der Waals surface area contributed by atoms with E-state index in [9.17, 15) is 8.42 Å². The zero-order valence-corrected chi connectivity index (χ0v) is 11.1. The minimum Gasteiger partial charge on any atom is -0.399 e. The number of nitrogens with zero attached hydrogens (tertiary/aromatic N) is 1. The summed E-state index contributed by atoms with van der Waals surface area (Å²) in [6.45, 7) is 0.344. The number of anilines is 1. The van der Waals surface area contributed by atoms with Gasteiger partial charge in [0.15, 0.2) is 0 Å². The molecule has 0 saturated carbocycles. The summed E-state index contributed by atoms with van der Waals surface area (Å²) in [6, 6.07) is 9.83. The number of nitrogen functional groups attached to an aromatic ring is 1. The van der Waals surface area contributed by atoms with Crippen LogP contribution in [0.1, 0.15) is 5.56 Å². The van der Waals surface area contributed by atoms with Gasteiger partial charge in [0.2, 0.25) is 10.0 Å². The van der Waals surface area contributed by atoms with Gasteiger partial charge in [-0.15, -0.1) is 0 Å². The van der Waals surface area contributed by atoms with E-state index in [-0.39, 0.29) is 4.90 Å². The average Bonchev–Trinajstić information content (AvgIpc) is 2.40. The summed E-state index contributed by atoms with van der Waals surface area (Å²) in [7, 11) is -3.47. The van der Waals surface area contributed by atoms with Gasteiger partial charge in [0.25, 0.3) is 0 Å². The van der Waals surface area contributed by atoms with Crippen molar-refractivity contribution in [2.45, 2.75) is 11.3 Å². The van der Waals surface area contributed by atoms with Gasteiger partial charge in [0, 0.05) is 24.6 Å². The molecule has 6 heteroatoms. The first-order chi connectivity index (χ1) is 9.08. The standard InChI is InChI=1S/C13H15N3O2S/c14-12-1-3-13(4-2-12)19(17,18)16-10-7-11-5-8-15-9-6-11/h1-6,8-9,16H,7,10,14H2. The Kier molecular flexibility index (Phi) is 4.13. The summed E-state index contributed by atoms with van der Waals surface area (Å²) >= 11 is 0. The van der Waals surface area contributed by atoms with Gasteiger partial charge >= 0.3 is 0 Å². The van der Waals surface area contributed by atoms with Crippen LogP contribution in [0.5, 0.6) is 0 Å². The Morgan fingerprint density at radius 1 is 1.05 bits per heavy atom. The highest BCUT2D eigenvalue weighted by molar-refractivity contribution is 7.89. The van der Waals surface area contributed by atoms with Gasteiger partial charge in [-0.05, 0) is 48.4 Å². The van der Waals surface area contributed by atoms with Crippen molar-refractivity contribution in [1.29, 1.82) is 0 Å². The molecule has 2 aromatic rings. The Morgan fingerprint density at radius 2 is 1.68 bits per heavy atom. The van der Waals surface area contributed by atoms with E-state index in [1.807, 2.05) is 12.1 Å². The van der Waals surface area contributed by atoms with Gasteiger partial charge < -0.3 is 5.73 Å². The average molecular weight is 277 g/mol. The van der Waals surface area contributed by atoms with E-state index >= 15 is 0 Å². The fourth-order valence-electron chi connectivity index (χ4n) is 1.61. The molecule has 0 bridgehead atoms. The first-order valence-corrected chi connectivity index (χ1v) is 7.30. The second-order valence-corrected chi connectivity index (χ2v) is 5.84. The van der Waals surface area contributed by atoms with Gasteiger partial charge in [0.1, 0.15) is 0 Å². The Balaban J connectivity index is 1.97. The number of rotatable bonds is 5. The molecule has 100 valence electrons. The summed E-state index contributed by atoms with van der Waals surface area (Å²) in [5, 5.41) is 0. The molecule has 0 aliphatic carbocycles. The Morgan fingerprint density at radius 3 is 2.32 bits per heavy atom. The number of nitrogens with two attached hydrogens (primary N) is 1. The molecule has 2 rings (SSSR count). The Bertz CT molecular complexity index is 625. The highest BCUT2D eigenvalue weighted by Crippen LogP contribution is 2.11. The van der Waals surface area contributed by atoms with Crippen LogP contribution in [0.3, 0.4) is 0 Å². The summed E-state index contributed by atoms with van der Waals surface area (Å²) in [6.07, 6.45) is 3.99. The topological polar surface area (TPSA) is 85.1 Å². The quantitative estimate of drug-likeness (QED) is 0.804. The molecule has 0 atom stereocenters. The molecule has 1 aromatic heterocycles. The van der Waals surface area contributed by atoms with Crippen molar-refractivity contribution in [3.63, 3.8) is 0 Å². The van der Waals surface area contributed by atoms with Crippen LogP contribution >= 0.6 is 0 Å². The summed E-state index contributed by atoms with van der Waals surface area (Å²) < 4.78 is 26.5. The molecular formula is C13H15N3O2S. The lowest BCUT2D eigenvalue weighted by Crippen LogP contribution is -2.26. The normalized spacial score (nSPS) is 11.4. The maximum Gasteiger partial charge on any atom is 0.240 e. The van der Waals surface area contributed by atoms with Gasteiger partial charge in [-0.3, -0.25) is 4.98 Å². The number of hydrogen-bond acceptors (Lipinski definition) is 4. The summed E-state index contributed by atoms with van der Waals surface area (Å²) in [4.78, 5) is 4.13. The fourth-order valence-corrected chi connectivity index (χ4v) is 2.64. The lowest BCUT2D eigenvalue weighted by Gasteiger charge is -2.07. The third kappa shape index (κ3) is 3.77. The SMILES string of the molecule is Nc1ccc(S(=O)(=O)NCCc2ccncc2)cc1. The van der Waals surface area contributed by atoms with Crippen LogP contribution in [0.2, 0.25) is 0 Å². The molecule has 0 unspecified atom stereocenters. The number of hydrogen-bond donors (Lipinski definition) is 2. The minimum absolute atomic E-state index is 0.219. The fraction of sp³-hybridized carbons (Fsp3) is 0.154. The highest BCUT2D eigenvalue weighted by Gasteiger charge is 2.12. The van der Waals surface area contributed by atoms with E-state index < -0.39 is 10.0 Å². The van der Waals surface area contributed by atoms with Gasteiger partial charge in [-0.1, -0.05) is 0 Å². The van der Waals surface area contributed by atoms with E-state index in [0.717, 1.165) is 5.56 Å². The van der Waals surface area contributed by atoms with Crippen molar-refractivity contribution >= 4 is 15.7 Å². The summed E-state index contributed by atoms with van der Waals surface area (Å²) in [5.41, 5.74) is 7.10. The number of sulfonamides is 1. The maximum atomic E-state index is 12.0. The highest BCUT2D eigenvalue weighted by atomic mass is 32.2. The molecule has 1 heterocycles. The molecule has 0 radical (unpaired) electrons. The van der Waals surface area contributed by atoms with E-state index in [1.165, 1.54) is 12.1 Å². The molecule has 0 fully saturated rings. The zero-order valence-electron chi connectivity index (χ0n) is 10.3. The largest absolute Gasteiger partial charge is 0.399 e. The smallest absolute Gasteiger partial charge is 0.240 e. The molecule has 3 N–H and O–H groups in total. The molecule has 5 nitrogen and oxygen atoms in total. The lowest BCUT2D eigenvalue weighted by molar-refractivity contribution is 0.581. The minimum atomic E-state index is -3.47. The molecule has 0 spiro atoms. The van der Waals surface area contributed by atoms with E-state index in [4.69, 9.17) is 5.73 Å². The van der Waals surface area contributed by atoms with E-state index in [1.54, 1.807) is 24.5 Å². The van der Waals surface area contributed by atoms with Gasteiger partial charge in [-0.25, -0.2) is 13.1 Å². The first-order valence-electron chi connectivity index (χ1n) is 5.82. The van der Waals surface area contributed by atoms with Crippen molar-refractivity contribution in [3.05, 3.63) is 54.4 Å². The molecule has 0 saturated heterocycles. The molecule has 0 aliphatic rings. The monoisotopic (exact) mass is 277 g/mol. The third-order valence-corrected chi connectivity index (χ3v) is 4.12. The number of benzene rings is 1. The Labute approximate surface area is 112 Å². The van der Waals surface area contributed by atoms with E-state index in [2.05, 4.69) is 9.71 Å². The van der Waals surface area contributed by atoms with Crippen LogP contribution in [0, 0.1) is 0 Å². The summed E-state index contributed by atoms with van der Waals surface area (Å²) in [5.74, 6) is 0. The Hall–Kier alpha value is -1.92. The van der Waals surface area contributed by atoms with Crippen molar-refractivity contribution < 1.29 is 8.42 Å². The van der Waals surface area contributed by atoms with Crippen LogP contribution in [0.25, 0.3) is 0 Å². The maximum absolute atomic E-state index is 12.0. The second-order valence-electron chi connectivity index (χ2n) is 4.07. The van der Waals surface area contributed by atoms with Gasteiger partial charge in [0.05, 0.1) is 4.90 Å². The molecule has 0 amide bonds. The molecule has 1 aromatic carbocycles. The van der Waals surface area contributed by atoms with Crippen LogP contribution in [0.4, 0.5) is 5.69 Å². The van der Waals surface area contributed by atoms with E-state index in [0.29, 0.717) is 18.7 Å². The van der Waals surface area contributed by atoms with Crippen molar-refractivity contribution in [1.82, 2.24) is 9.71 Å². The van der Waals surface area contributed by atoms with Crippen molar-refractivity contribution in [3.8, 4) is 0 Å². The van der Waals surface area contributed by atoms with Crippen LogP contribution in [-0.4, -0.2) is 19.9 Å². The predicted octanol–water partition coefficient (Wildman–Crippen LogP) is 1.18. The molecular weight excluding hydrogens is 262 g/mol. The molecule has 19 heavy (non-hydrogen) atoms. The number of nitrogens with one attached hydrogen (secondary N) is 1. The number of aromatic nitrogens is 1.